The van der Waals surface area contributed by atoms with E-state index in [1.165, 1.54) is 17.7 Å². The molecule has 0 amide bonds. The largest absolute Gasteiger partial charge is 0.368 e. The van der Waals surface area contributed by atoms with E-state index in [0.717, 1.165) is 18.5 Å². The first-order valence-electron chi connectivity index (χ1n) is 5.14. The number of nitrogen functional groups attached to an aromatic ring is 1. The predicted molar refractivity (Wildman–Crippen MR) is 57.2 cm³/mol. The molecule has 0 saturated carbocycles. The fourth-order valence-corrected chi connectivity index (χ4v) is 2.07. The molecule has 0 aromatic carbocycles. The topological polar surface area (TPSA) is 51.8 Å². The zero-order chi connectivity index (χ0) is 10.3. The molecule has 0 aliphatic heterocycles. The molecule has 1 aliphatic rings. The highest BCUT2D eigenvalue weighted by atomic mass is 15.0. The van der Waals surface area contributed by atoms with Crippen molar-refractivity contribution in [3.8, 4) is 0 Å². The summed E-state index contributed by atoms with van der Waals surface area (Å²) < 4.78 is 0. The number of anilines is 1. The lowest BCUT2D eigenvalue weighted by Gasteiger charge is -2.21. The van der Waals surface area contributed by atoms with Gasteiger partial charge in [-0.15, -0.1) is 0 Å². The number of fused-ring (bicyclic) bond motifs is 1. The summed E-state index contributed by atoms with van der Waals surface area (Å²) in [6.07, 6.45) is 3.36. The molecular weight excluding hydrogens is 174 g/mol. The summed E-state index contributed by atoms with van der Waals surface area (Å²) in [6, 6.07) is 0. The van der Waals surface area contributed by atoms with E-state index in [1.54, 1.807) is 0 Å². The van der Waals surface area contributed by atoms with E-state index < -0.39 is 0 Å². The third kappa shape index (κ3) is 1.47. The smallest absolute Gasteiger partial charge is 0.220 e. The van der Waals surface area contributed by atoms with Gasteiger partial charge in [0, 0.05) is 11.1 Å². The number of hydrogen-bond acceptors (Lipinski definition) is 3. The molecule has 14 heavy (non-hydrogen) atoms. The molecular formula is C11H17N3. The maximum atomic E-state index is 5.71. The van der Waals surface area contributed by atoms with Gasteiger partial charge in [0.15, 0.2) is 0 Å². The highest BCUT2D eigenvalue weighted by Gasteiger charge is 2.25. The van der Waals surface area contributed by atoms with Crippen molar-refractivity contribution >= 4 is 5.95 Å². The van der Waals surface area contributed by atoms with Crippen LogP contribution in [0.4, 0.5) is 5.95 Å². The van der Waals surface area contributed by atoms with Gasteiger partial charge in [0.05, 0.1) is 5.69 Å². The van der Waals surface area contributed by atoms with Crippen molar-refractivity contribution in [1.82, 2.24) is 9.97 Å². The molecule has 1 aliphatic carbocycles. The Kier molecular flexibility index (Phi) is 1.98. The summed E-state index contributed by atoms with van der Waals surface area (Å²) in [6.45, 7) is 6.52. The summed E-state index contributed by atoms with van der Waals surface area (Å²) >= 11 is 0. The van der Waals surface area contributed by atoms with Crippen molar-refractivity contribution in [2.75, 3.05) is 5.73 Å². The minimum atomic E-state index is 0.0749. The Morgan fingerprint density at radius 2 is 1.86 bits per heavy atom. The van der Waals surface area contributed by atoms with Crippen molar-refractivity contribution in [3.63, 3.8) is 0 Å². The van der Waals surface area contributed by atoms with E-state index in [9.17, 15) is 0 Å². The van der Waals surface area contributed by atoms with Gasteiger partial charge in [-0.2, -0.15) is 0 Å². The average Bonchev–Trinajstić information content (AvgIpc) is 2.47. The van der Waals surface area contributed by atoms with Crippen LogP contribution in [0.5, 0.6) is 0 Å². The lowest BCUT2D eigenvalue weighted by Crippen LogP contribution is -2.18. The summed E-state index contributed by atoms with van der Waals surface area (Å²) in [5.41, 5.74) is 9.43. The Morgan fingerprint density at radius 1 is 1.14 bits per heavy atom. The van der Waals surface area contributed by atoms with Crippen LogP contribution in [0.1, 0.15) is 44.1 Å². The molecule has 0 atom stereocenters. The Hall–Kier alpha value is -1.12. The van der Waals surface area contributed by atoms with Crippen molar-refractivity contribution in [1.29, 1.82) is 0 Å². The second kappa shape index (κ2) is 2.94. The molecule has 0 fully saturated rings. The lowest BCUT2D eigenvalue weighted by atomic mass is 9.88. The van der Waals surface area contributed by atoms with Gasteiger partial charge in [-0.3, -0.25) is 0 Å². The standard InChI is InChI=1S/C11H17N3/c1-11(2,3)9-7-5-4-6-8(7)13-10(12)14-9/h4-6H2,1-3H3,(H2,12,13,14). The average molecular weight is 191 g/mol. The number of rotatable bonds is 0. The fraction of sp³-hybridized carbons (Fsp3) is 0.636. The molecule has 1 heterocycles. The first-order valence-corrected chi connectivity index (χ1v) is 5.14. The summed E-state index contributed by atoms with van der Waals surface area (Å²) in [5, 5.41) is 0. The number of nitrogens with two attached hydrogens (primary N) is 1. The zero-order valence-corrected chi connectivity index (χ0v) is 9.09. The molecule has 2 N–H and O–H groups in total. The van der Waals surface area contributed by atoms with Crippen molar-refractivity contribution in [3.05, 3.63) is 17.0 Å². The molecule has 0 bridgehead atoms. The monoisotopic (exact) mass is 191 g/mol. The lowest BCUT2D eigenvalue weighted by molar-refractivity contribution is 0.560. The predicted octanol–water partition coefficient (Wildman–Crippen LogP) is 1.84. The van der Waals surface area contributed by atoms with Gasteiger partial charge < -0.3 is 5.73 Å². The third-order valence-corrected chi connectivity index (χ3v) is 2.66. The van der Waals surface area contributed by atoms with Crippen LogP contribution in [0.3, 0.4) is 0 Å². The summed E-state index contributed by atoms with van der Waals surface area (Å²) in [7, 11) is 0. The SMILES string of the molecule is CC(C)(C)c1nc(N)nc2c1CCC2. The quantitative estimate of drug-likeness (QED) is 0.680. The number of aromatic nitrogens is 2. The Morgan fingerprint density at radius 3 is 2.50 bits per heavy atom. The van der Waals surface area contributed by atoms with Crippen LogP contribution in [0, 0.1) is 0 Å². The Balaban J connectivity index is 2.60. The normalized spacial score (nSPS) is 15.6. The van der Waals surface area contributed by atoms with Crippen molar-refractivity contribution < 1.29 is 0 Å². The molecule has 0 radical (unpaired) electrons. The molecule has 2 rings (SSSR count). The molecule has 3 nitrogen and oxygen atoms in total. The second-order valence-electron chi connectivity index (χ2n) is 4.96. The minimum absolute atomic E-state index is 0.0749. The Bertz CT molecular complexity index is 364. The Labute approximate surface area is 84.8 Å². The van der Waals surface area contributed by atoms with Crippen molar-refractivity contribution in [2.45, 2.75) is 45.4 Å². The van der Waals surface area contributed by atoms with Crippen LogP contribution in [-0.4, -0.2) is 9.97 Å². The van der Waals surface area contributed by atoms with E-state index in [2.05, 4.69) is 30.7 Å². The van der Waals surface area contributed by atoms with Gasteiger partial charge in [-0.1, -0.05) is 20.8 Å². The van der Waals surface area contributed by atoms with Crippen LogP contribution in [-0.2, 0) is 18.3 Å². The van der Waals surface area contributed by atoms with Crippen LogP contribution < -0.4 is 5.73 Å². The van der Waals surface area contributed by atoms with Gasteiger partial charge in [-0.25, -0.2) is 9.97 Å². The maximum Gasteiger partial charge on any atom is 0.220 e. The molecule has 0 saturated heterocycles. The van der Waals surface area contributed by atoms with E-state index in [0.29, 0.717) is 5.95 Å². The van der Waals surface area contributed by atoms with Crippen LogP contribution in [0.15, 0.2) is 0 Å². The van der Waals surface area contributed by atoms with Gasteiger partial charge in [0.25, 0.3) is 0 Å². The van der Waals surface area contributed by atoms with Crippen LogP contribution in [0.2, 0.25) is 0 Å². The first kappa shape index (κ1) is 9.44. The minimum Gasteiger partial charge on any atom is -0.368 e. The molecule has 0 spiro atoms. The van der Waals surface area contributed by atoms with Gasteiger partial charge in [-0.05, 0) is 24.8 Å². The first-order chi connectivity index (χ1) is 6.48. The highest BCUT2D eigenvalue weighted by Crippen LogP contribution is 2.31. The molecule has 0 unspecified atom stereocenters. The third-order valence-electron chi connectivity index (χ3n) is 2.66. The van der Waals surface area contributed by atoms with E-state index >= 15 is 0 Å². The van der Waals surface area contributed by atoms with Crippen LogP contribution in [0.25, 0.3) is 0 Å². The van der Waals surface area contributed by atoms with E-state index in [-0.39, 0.29) is 5.41 Å². The molecule has 1 aromatic heterocycles. The van der Waals surface area contributed by atoms with Crippen LogP contribution >= 0.6 is 0 Å². The highest BCUT2D eigenvalue weighted by molar-refractivity contribution is 5.38. The van der Waals surface area contributed by atoms with Gasteiger partial charge in [0.2, 0.25) is 5.95 Å². The zero-order valence-electron chi connectivity index (χ0n) is 9.09. The van der Waals surface area contributed by atoms with E-state index in [4.69, 9.17) is 5.73 Å². The summed E-state index contributed by atoms with van der Waals surface area (Å²) in [5.74, 6) is 0.426. The number of hydrogen-bond donors (Lipinski definition) is 1. The van der Waals surface area contributed by atoms with Crippen molar-refractivity contribution in [2.24, 2.45) is 0 Å². The fourth-order valence-electron chi connectivity index (χ4n) is 2.07. The number of nitrogens with zero attached hydrogens (tertiary/aromatic N) is 2. The van der Waals surface area contributed by atoms with Gasteiger partial charge in [0.1, 0.15) is 0 Å². The number of aryl methyl sites for hydroxylation is 1. The molecule has 1 aromatic rings. The molecule has 3 heteroatoms. The maximum absolute atomic E-state index is 5.71. The van der Waals surface area contributed by atoms with E-state index in [1.807, 2.05) is 0 Å². The molecule has 76 valence electrons. The summed E-state index contributed by atoms with van der Waals surface area (Å²) in [4.78, 5) is 8.68. The van der Waals surface area contributed by atoms with Gasteiger partial charge >= 0.3 is 0 Å². The second-order valence-corrected chi connectivity index (χ2v) is 4.96.